The van der Waals surface area contributed by atoms with Crippen molar-refractivity contribution in [2.24, 2.45) is 5.92 Å². The molecule has 1 aliphatic rings. The van der Waals surface area contributed by atoms with Gasteiger partial charge in [-0.25, -0.2) is 14.2 Å². The zero-order valence-electron chi connectivity index (χ0n) is 18.4. The summed E-state index contributed by atoms with van der Waals surface area (Å²) in [6, 6.07) is 12.8. The van der Waals surface area contributed by atoms with Crippen LogP contribution in [0.3, 0.4) is 0 Å². The Morgan fingerprint density at radius 2 is 2.03 bits per heavy atom. The number of halogens is 1. The number of amides is 1. The van der Waals surface area contributed by atoms with Gasteiger partial charge in [0, 0.05) is 50.3 Å². The number of methoxy groups -OCH3 is 1. The summed E-state index contributed by atoms with van der Waals surface area (Å²) in [7, 11) is 1.50. The Balaban J connectivity index is 1.41. The molecule has 174 valence electrons. The van der Waals surface area contributed by atoms with Crippen LogP contribution in [0.2, 0.25) is 0 Å². The molecule has 2 aromatic heterocycles. The highest BCUT2D eigenvalue weighted by molar-refractivity contribution is 5.78. The lowest BCUT2D eigenvalue weighted by Crippen LogP contribution is -2.37. The molecule has 2 atom stereocenters. The zero-order valence-corrected chi connectivity index (χ0v) is 18.4. The summed E-state index contributed by atoms with van der Waals surface area (Å²) in [5.41, 5.74) is 2.40. The second-order valence-electron chi connectivity index (χ2n) is 8.29. The van der Waals surface area contributed by atoms with Gasteiger partial charge in [-0.2, -0.15) is 0 Å². The molecule has 8 nitrogen and oxygen atoms in total. The van der Waals surface area contributed by atoms with E-state index in [1.165, 1.54) is 18.2 Å². The monoisotopic (exact) mass is 454 g/mol. The first kappa shape index (κ1) is 22.9. The quantitative estimate of drug-likeness (QED) is 0.540. The summed E-state index contributed by atoms with van der Waals surface area (Å²) in [6.07, 6.45) is -0.0893. The first-order valence-electron chi connectivity index (χ1n) is 10.8. The van der Waals surface area contributed by atoms with Gasteiger partial charge in [-0.15, -0.1) is 0 Å². The third kappa shape index (κ3) is 5.37. The molecule has 0 spiro atoms. The van der Waals surface area contributed by atoms with Crippen LogP contribution in [-0.2, 0) is 13.0 Å². The first-order chi connectivity index (χ1) is 15.9. The van der Waals surface area contributed by atoms with E-state index in [4.69, 9.17) is 4.74 Å². The summed E-state index contributed by atoms with van der Waals surface area (Å²) in [5.74, 6) is -0.262. The number of aliphatic hydroxyl groups excluding tert-OH is 1. The molecule has 1 amide bonds. The number of hydrogen-bond acceptors (Lipinski definition) is 6. The number of β-amino-alcohol motifs (C(OH)–C–C–N with tert-alkyl or cyclic N) is 1. The predicted octanol–water partition coefficient (Wildman–Crippen LogP) is 2.79. The molecule has 33 heavy (non-hydrogen) atoms. The Morgan fingerprint density at radius 1 is 1.24 bits per heavy atom. The largest absolute Gasteiger partial charge is 0.481 e. The molecule has 0 unspecified atom stereocenters. The van der Waals surface area contributed by atoms with E-state index < -0.39 is 18.0 Å². The van der Waals surface area contributed by atoms with Crippen molar-refractivity contribution in [3.8, 4) is 5.88 Å². The smallest absolute Gasteiger partial charge is 0.407 e. The summed E-state index contributed by atoms with van der Waals surface area (Å²) in [5, 5.41) is 20.2. The van der Waals surface area contributed by atoms with Gasteiger partial charge in [-0.1, -0.05) is 30.3 Å². The lowest BCUT2D eigenvalue weighted by atomic mass is 10.1. The maximum absolute atomic E-state index is 14.6. The molecule has 0 radical (unpaired) electrons. The van der Waals surface area contributed by atoms with Gasteiger partial charge < -0.3 is 19.8 Å². The Bertz CT molecular complexity index is 1110. The number of aromatic nitrogens is 2. The van der Waals surface area contributed by atoms with Crippen LogP contribution in [0.15, 0.2) is 48.7 Å². The van der Waals surface area contributed by atoms with Crippen molar-refractivity contribution in [2.45, 2.75) is 19.1 Å². The number of rotatable bonds is 8. The standard InChI is InChI=1S/C24H27FN4O4/c1-33-22-8-7-20-23(27-22)18(19(25)11-26-20)9-10-28-13-17(21(30)15-28)14-29(24(31)32)12-16-5-3-2-4-6-16/h2-8,11,17,21,30H,9-10,12-15H2,1H3,(H,31,32)/t17-,21+/m1/s1. The van der Waals surface area contributed by atoms with Crippen molar-refractivity contribution < 1.29 is 24.1 Å². The van der Waals surface area contributed by atoms with Crippen LogP contribution in [-0.4, -0.2) is 75.5 Å². The van der Waals surface area contributed by atoms with Crippen LogP contribution in [0.25, 0.3) is 11.0 Å². The summed E-state index contributed by atoms with van der Waals surface area (Å²) >= 11 is 0. The van der Waals surface area contributed by atoms with E-state index in [1.807, 2.05) is 35.2 Å². The van der Waals surface area contributed by atoms with E-state index in [1.54, 1.807) is 12.1 Å². The third-order valence-corrected chi connectivity index (χ3v) is 6.05. The zero-order chi connectivity index (χ0) is 23.4. The van der Waals surface area contributed by atoms with Crippen LogP contribution >= 0.6 is 0 Å². The Labute approximate surface area is 191 Å². The molecule has 3 aromatic rings. The molecule has 0 saturated carbocycles. The number of fused-ring (bicyclic) bond motifs is 1. The lowest BCUT2D eigenvalue weighted by molar-refractivity contribution is 0.0995. The predicted molar refractivity (Wildman–Crippen MR) is 121 cm³/mol. The van der Waals surface area contributed by atoms with Crippen molar-refractivity contribution >= 4 is 17.1 Å². The highest BCUT2D eigenvalue weighted by Crippen LogP contribution is 2.24. The van der Waals surface area contributed by atoms with E-state index in [-0.39, 0.29) is 19.0 Å². The lowest BCUT2D eigenvalue weighted by Gasteiger charge is -2.24. The molecule has 1 aliphatic heterocycles. The topological polar surface area (TPSA) is 99.0 Å². The number of pyridine rings is 2. The highest BCUT2D eigenvalue weighted by atomic mass is 19.1. The van der Waals surface area contributed by atoms with Gasteiger partial charge in [0.25, 0.3) is 0 Å². The average Bonchev–Trinajstić information content (AvgIpc) is 3.17. The van der Waals surface area contributed by atoms with Gasteiger partial charge in [0.2, 0.25) is 5.88 Å². The van der Waals surface area contributed by atoms with E-state index in [2.05, 4.69) is 9.97 Å². The maximum Gasteiger partial charge on any atom is 0.407 e. The maximum atomic E-state index is 14.6. The molecule has 3 heterocycles. The summed E-state index contributed by atoms with van der Waals surface area (Å²) in [6.45, 7) is 1.94. The number of carboxylic acid groups (broad SMARTS) is 1. The minimum Gasteiger partial charge on any atom is -0.481 e. The van der Waals surface area contributed by atoms with E-state index >= 15 is 0 Å². The second kappa shape index (κ2) is 10.1. The van der Waals surface area contributed by atoms with Gasteiger partial charge in [-0.3, -0.25) is 9.88 Å². The molecule has 1 saturated heterocycles. The van der Waals surface area contributed by atoms with Gasteiger partial charge >= 0.3 is 6.09 Å². The SMILES string of the molecule is COc1ccc2ncc(F)c(CCN3C[C@H](CN(Cc4ccccc4)C(=O)O)[C@@H](O)C3)c2n1. The molecule has 1 aromatic carbocycles. The number of likely N-dealkylation sites (tertiary alicyclic amines) is 1. The minimum absolute atomic E-state index is 0.220. The first-order valence-corrected chi connectivity index (χ1v) is 10.8. The van der Waals surface area contributed by atoms with Crippen molar-refractivity contribution in [3.05, 3.63) is 65.6 Å². The number of hydrogen-bond donors (Lipinski definition) is 2. The molecule has 9 heteroatoms. The van der Waals surface area contributed by atoms with Crippen molar-refractivity contribution in [3.63, 3.8) is 0 Å². The Hall–Kier alpha value is -3.30. The van der Waals surface area contributed by atoms with Gasteiger partial charge in [0.05, 0.1) is 30.4 Å². The minimum atomic E-state index is -1.02. The van der Waals surface area contributed by atoms with Crippen LogP contribution in [0, 0.1) is 11.7 Å². The van der Waals surface area contributed by atoms with Crippen LogP contribution < -0.4 is 4.74 Å². The van der Waals surface area contributed by atoms with Crippen molar-refractivity contribution in [1.82, 2.24) is 19.8 Å². The molecule has 1 fully saturated rings. The van der Waals surface area contributed by atoms with Crippen molar-refractivity contribution in [1.29, 1.82) is 0 Å². The fourth-order valence-electron chi connectivity index (χ4n) is 4.30. The molecular weight excluding hydrogens is 427 g/mol. The van der Waals surface area contributed by atoms with Crippen LogP contribution in [0.1, 0.15) is 11.1 Å². The van der Waals surface area contributed by atoms with E-state index in [0.29, 0.717) is 48.5 Å². The fourth-order valence-corrected chi connectivity index (χ4v) is 4.30. The molecule has 4 rings (SSSR count). The van der Waals surface area contributed by atoms with Gasteiger partial charge in [0.15, 0.2) is 0 Å². The number of carbonyl (C=O) groups is 1. The summed E-state index contributed by atoms with van der Waals surface area (Å²) in [4.78, 5) is 23.6. The highest BCUT2D eigenvalue weighted by Gasteiger charge is 2.33. The van der Waals surface area contributed by atoms with Gasteiger partial charge in [0.1, 0.15) is 5.82 Å². The Morgan fingerprint density at radius 3 is 2.76 bits per heavy atom. The number of nitrogens with zero attached hydrogens (tertiary/aromatic N) is 4. The molecule has 2 N–H and O–H groups in total. The molecule has 0 bridgehead atoms. The van der Waals surface area contributed by atoms with Crippen LogP contribution in [0.4, 0.5) is 9.18 Å². The third-order valence-electron chi connectivity index (χ3n) is 6.05. The average molecular weight is 455 g/mol. The Kier molecular flexibility index (Phi) is 7.00. The summed E-state index contributed by atoms with van der Waals surface area (Å²) < 4.78 is 19.7. The number of ether oxygens (including phenoxy) is 1. The van der Waals surface area contributed by atoms with E-state index in [9.17, 15) is 19.4 Å². The molecular formula is C24H27FN4O4. The van der Waals surface area contributed by atoms with E-state index in [0.717, 1.165) is 5.56 Å². The van der Waals surface area contributed by atoms with Crippen molar-refractivity contribution in [2.75, 3.05) is 33.3 Å². The number of aliphatic hydroxyl groups is 1. The van der Waals surface area contributed by atoms with Gasteiger partial charge in [-0.05, 0) is 18.1 Å². The molecule has 0 aliphatic carbocycles. The van der Waals surface area contributed by atoms with Crippen LogP contribution in [0.5, 0.6) is 5.88 Å². The normalized spacial score (nSPS) is 18.5. The fraction of sp³-hybridized carbons (Fsp3) is 0.375. The number of benzene rings is 1. The second-order valence-corrected chi connectivity index (χ2v) is 8.29.